The van der Waals surface area contributed by atoms with Crippen LogP contribution in [0.1, 0.15) is 31.7 Å². The highest BCUT2D eigenvalue weighted by atomic mass is 35.5. The summed E-state index contributed by atoms with van der Waals surface area (Å²) < 4.78 is 0. The quantitative estimate of drug-likeness (QED) is 0.853. The highest BCUT2D eigenvalue weighted by Crippen LogP contribution is 2.23. The molecular formula is C14H27Cl2N3OS. The van der Waals surface area contributed by atoms with Crippen LogP contribution in [0.5, 0.6) is 0 Å². The maximum absolute atomic E-state index is 12.0. The summed E-state index contributed by atoms with van der Waals surface area (Å²) >= 11 is 1.70. The van der Waals surface area contributed by atoms with Gasteiger partial charge >= 0.3 is 0 Å². The van der Waals surface area contributed by atoms with E-state index >= 15 is 0 Å². The van der Waals surface area contributed by atoms with E-state index in [-0.39, 0.29) is 42.2 Å². The van der Waals surface area contributed by atoms with Gasteiger partial charge in [-0.15, -0.1) is 36.2 Å². The van der Waals surface area contributed by atoms with Crippen molar-refractivity contribution in [1.29, 1.82) is 0 Å². The van der Waals surface area contributed by atoms with E-state index < -0.39 is 6.04 Å². The highest BCUT2D eigenvalue weighted by Gasteiger charge is 2.28. The predicted molar refractivity (Wildman–Crippen MR) is 95.7 cm³/mol. The zero-order chi connectivity index (χ0) is 14.6. The molecule has 21 heavy (non-hydrogen) atoms. The lowest BCUT2D eigenvalue weighted by atomic mass is 9.87. The number of carbonyl (C=O) groups excluding carboxylic acids is 1. The number of hydrogen-bond donors (Lipinski definition) is 2. The Morgan fingerprint density at radius 3 is 2.33 bits per heavy atom. The molecule has 0 aliphatic rings. The Kier molecular flexibility index (Phi) is 10.5. The lowest BCUT2D eigenvalue weighted by Gasteiger charge is -2.28. The normalized spacial score (nSPS) is 13.9. The molecule has 0 saturated heterocycles. The van der Waals surface area contributed by atoms with Crippen molar-refractivity contribution in [1.82, 2.24) is 10.2 Å². The van der Waals surface area contributed by atoms with Crippen LogP contribution in [-0.2, 0) is 4.79 Å². The maximum Gasteiger partial charge on any atom is 0.237 e. The van der Waals surface area contributed by atoms with Crippen molar-refractivity contribution in [2.45, 2.75) is 32.9 Å². The van der Waals surface area contributed by atoms with E-state index in [0.29, 0.717) is 6.54 Å². The first-order chi connectivity index (χ1) is 8.73. The van der Waals surface area contributed by atoms with Crippen LogP contribution < -0.4 is 11.1 Å². The molecule has 7 heteroatoms. The molecule has 0 saturated carbocycles. The maximum atomic E-state index is 12.0. The molecule has 0 spiro atoms. The number of nitrogens with one attached hydrogen (secondary N) is 1. The number of halogens is 2. The Bertz CT molecular complexity index is 405. The number of amides is 1. The van der Waals surface area contributed by atoms with Crippen molar-refractivity contribution >= 4 is 42.1 Å². The first kappa shape index (κ1) is 22.9. The fourth-order valence-corrected chi connectivity index (χ4v) is 2.64. The molecule has 1 rings (SSSR count). The van der Waals surface area contributed by atoms with Gasteiger partial charge in [-0.25, -0.2) is 0 Å². The largest absolute Gasteiger partial charge is 0.353 e. The number of hydrogen-bond acceptors (Lipinski definition) is 4. The van der Waals surface area contributed by atoms with E-state index in [0.717, 1.165) is 0 Å². The van der Waals surface area contributed by atoms with E-state index in [4.69, 9.17) is 5.73 Å². The minimum atomic E-state index is -0.487. The number of nitrogens with zero attached hydrogens (tertiary/aromatic N) is 1. The Labute approximate surface area is 144 Å². The average molecular weight is 356 g/mol. The number of rotatable bonds is 5. The topological polar surface area (TPSA) is 58.4 Å². The molecule has 1 aromatic heterocycles. The molecule has 4 nitrogen and oxygen atoms in total. The smallest absolute Gasteiger partial charge is 0.237 e. The lowest BCUT2D eigenvalue weighted by Crippen LogP contribution is -2.50. The summed E-state index contributed by atoms with van der Waals surface area (Å²) in [5, 5.41) is 5.01. The molecule has 1 aromatic rings. The van der Waals surface area contributed by atoms with Crippen LogP contribution in [0.4, 0.5) is 0 Å². The van der Waals surface area contributed by atoms with E-state index in [1.165, 1.54) is 4.88 Å². The molecule has 0 bridgehead atoms. The van der Waals surface area contributed by atoms with Gasteiger partial charge in [-0.1, -0.05) is 26.8 Å². The number of likely N-dealkylation sites (N-methyl/N-ethyl adjacent to an activating group) is 1. The minimum absolute atomic E-state index is 0. The van der Waals surface area contributed by atoms with Crippen LogP contribution in [0.2, 0.25) is 0 Å². The van der Waals surface area contributed by atoms with E-state index in [2.05, 4.69) is 21.7 Å². The van der Waals surface area contributed by atoms with Crippen molar-refractivity contribution in [2.24, 2.45) is 11.1 Å². The predicted octanol–water partition coefficient (Wildman–Crippen LogP) is 2.68. The second kappa shape index (κ2) is 9.64. The number of thiophene rings is 1. The summed E-state index contributed by atoms with van der Waals surface area (Å²) in [4.78, 5) is 15.4. The molecule has 0 aromatic carbocycles. The summed E-state index contributed by atoms with van der Waals surface area (Å²) in [5.74, 6) is -0.0871. The fourth-order valence-electron chi connectivity index (χ4n) is 1.72. The minimum Gasteiger partial charge on any atom is -0.353 e. The van der Waals surface area contributed by atoms with Crippen LogP contribution >= 0.6 is 36.2 Å². The molecule has 1 amide bonds. The SMILES string of the molecule is CN(C)C(CNC(=O)[C@@H](N)C(C)(C)C)c1cccs1.Cl.Cl. The molecule has 124 valence electrons. The van der Waals surface area contributed by atoms with Crippen molar-refractivity contribution in [3.8, 4) is 0 Å². The average Bonchev–Trinajstić information content (AvgIpc) is 2.79. The molecule has 1 heterocycles. The van der Waals surface area contributed by atoms with Gasteiger partial charge < -0.3 is 16.0 Å². The Hall–Kier alpha value is -0.330. The van der Waals surface area contributed by atoms with E-state index in [9.17, 15) is 4.79 Å². The van der Waals surface area contributed by atoms with E-state index in [1.807, 2.05) is 40.9 Å². The van der Waals surface area contributed by atoms with Crippen LogP contribution in [0.15, 0.2) is 17.5 Å². The van der Waals surface area contributed by atoms with Crippen LogP contribution in [0.3, 0.4) is 0 Å². The summed E-state index contributed by atoms with van der Waals surface area (Å²) in [7, 11) is 4.03. The number of nitrogens with two attached hydrogens (primary N) is 1. The van der Waals surface area contributed by atoms with Gasteiger partial charge in [0.1, 0.15) is 0 Å². The Morgan fingerprint density at radius 1 is 1.38 bits per heavy atom. The zero-order valence-electron chi connectivity index (χ0n) is 13.3. The van der Waals surface area contributed by atoms with Crippen molar-refractivity contribution < 1.29 is 4.79 Å². The second-order valence-corrected chi connectivity index (χ2v) is 7.06. The fraction of sp³-hybridized carbons (Fsp3) is 0.643. The van der Waals surface area contributed by atoms with Gasteiger partial charge in [-0.3, -0.25) is 4.79 Å². The van der Waals surface area contributed by atoms with Crippen LogP contribution in [-0.4, -0.2) is 37.5 Å². The first-order valence-electron chi connectivity index (χ1n) is 6.46. The number of carbonyl (C=O) groups is 1. The van der Waals surface area contributed by atoms with Gasteiger partial charge in [0.25, 0.3) is 0 Å². The third-order valence-corrected chi connectivity index (χ3v) is 4.15. The van der Waals surface area contributed by atoms with Gasteiger partial charge in [0.2, 0.25) is 5.91 Å². The molecule has 1 unspecified atom stereocenters. The van der Waals surface area contributed by atoms with Gasteiger partial charge in [-0.05, 0) is 31.0 Å². The van der Waals surface area contributed by atoms with Crippen molar-refractivity contribution in [3.63, 3.8) is 0 Å². The first-order valence-corrected chi connectivity index (χ1v) is 7.34. The van der Waals surface area contributed by atoms with Gasteiger partial charge in [0.15, 0.2) is 0 Å². The molecule has 0 aliphatic heterocycles. The zero-order valence-corrected chi connectivity index (χ0v) is 15.7. The molecule has 3 N–H and O–H groups in total. The third-order valence-electron chi connectivity index (χ3n) is 3.18. The highest BCUT2D eigenvalue weighted by molar-refractivity contribution is 7.10. The van der Waals surface area contributed by atoms with Crippen LogP contribution in [0, 0.1) is 5.41 Å². The standard InChI is InChI=1S/C14H25N3OS.2ClH/c1-14(2,3)12(15)13(18)16-9-10(17(4)5)11-7-6-8-19-11;;/h6-8,10,12H,9,15H2,1-5H3,(H,16,18);2*1H/t10?,12-;;/m1../s1. The lowest BCUT2D eigenvalue weighted by molar-refractivity contribution is -0.124. The monoisotopic (exact) mass is 355 g/mol. The third kappa shape index (κ3) is 6.98. The summed E-state index contributed by atoms with van der Waals surface area (Å²) in [6.45, 7) is 6.50. The Balaban J connectivity index is 0. The van der Waals surface area contributed by atoms with Crippen molar-refractivity contribution in [2.75, 3.05) is 20.6 Å². The summed E-state index contributed by atoms with van der Waals surface area (Å²) in [5.41, 5.74) is 5.73. The molecule has 0 radical (unpaired) electrons. The van der Waals surface area contributed by atoms with Crippen LogP contribution in [0.25, 0.3) is 0 Å². The van der Waals surface area contributed by atoms with Crippen molar-refractivity contribution in [3.05, 3.63) is 22.4 Å². The molecular weight excluding hydrogens is 329 g/mol. The van der Waals surface area contributed by atoms with E-state index in [1.54, 1.807) is 11.3 Å². The molecule has 0 aliphatic carbocycles. The van der Waals surface area contributed by atoms with Gasteiger partial charge in [-0.2, -0.15) is 0 Å². The van der Waals surface area contributed by atoms with Gasteiger partial charge in [0, 0.05) is 11.4 Å². The van der Waals surface area contributed by atoms with Gasteiger partial charge in [0.05, 0.1) is 12.1 Å². The Morgan fingerprint density at radius 2 is 1.95 bits per heavy atom. The summed E-state index contributed by atoms with van der Waals surface area (Å²) in [6, 6.07) is 3.82. The molecule has 2 atom stereocenters. The molecule has 0 fully saturated rings. The second-order valence-electron chi connectivity index (χ2n) is 6.08. The summed E-state index contributed by atoms with van der Waals surface area (Å²) in [6.07, 6.45) is 0.